The number of carbonyl (C=O) groups is 1. The number of rotatable bonds is 1. The van der Waals surface area contributed by atoms with E-state index in [0.717, 1.165) is 0 Å². The number of aliphatic imine (C=N–C) groups is 1. The molecule has 0 aliphatic carbocycles. The molecule has 2 atom stereocenters. The Bertz CT molecular complexity index is 735. The SMILES string of the molecule is CC(C)(C)OC(=O)NC1=N[C@@]2(c3cc(N)ccc3F)CCOC[C@H]2CS1. The number of carbonyl (C=O) groups excluding carboxylic acids is 1. The van der Waals surface area contributed by atoms with Crippen LogP contribution in [0.3, 0.4) is 0 Å². The van der Waals surface area contributed by atoms with Crippen molar-refractivity contribution in [1.29, 1.82) is 0 Å². The van der Waals surface area contributed by atoms with Gasteiger partial charge >= 0.3 is 6.09 Å². The lowest BCUT2D eigenvalue weighted by molar-refractivity contribution is 0.00869. The van der Waals surface area contributed by atoms with Crippen LogP contribution in [0.4, 0.5) is 14.9 Å². The van der Waals surface area contributed by atoms with Crippen LogP contribution in [0.15, 0.2) is 23.2 Å². The van der Waals surface area contributed by atoms with Gasteiger partial charge in [0.15, 0.2) is 5.17 Å². The van der Waals surface area contributed by atoms with Crippen molar-refractivity contribution in [2.24, 2.45) is 10.9 Å². The quantitative estimate of drug-likeness (QED) is 0.729. The molecule has 2 aliphatic heterocycles. The van der Waals surface area contributed by atoms with Crippen molar-refractivity contribution in [3.63, 3.8) is 0 Å². The van der Waals surface area contributed by atoms with Gasteiger partial charge in [0.1, 0.15) is 11.4 Å². The van der Waals surface area contributed by atoms with Crippen LogP contribution < -0.4 is 11.1 Å². The number of amidine groups is 1. The Balaban J connectivity index is 1.95. The predicted molar refractivity (Wildman–Crippen MR) is 101 cm³/mol. The number of nitrogens with one attached hydrogen (secondary N) is 1. The molecule has 2 heterocycles. The lowest BCUT2D eigenvalue weighted by Crippen LogP contribution is -2.48. The third kappa shape index (κ3) is 3.96. The molecule has 142 valence electrons. The van der Waals surface area contributed by atoms with Crippen molar-refractivity contribution in [2.45, 2.75) is 38.3 Å². The third-order valence-corrected chi connectivity index (χ3v) is 5.44. The Kier molecular flexibility index (Phi) is 5.16. The van der Waals surface area contributed by atoms with Gasteiger partial charge in [-0.05, 0) is 39.0 Å². The largest absolute Gasteiger partial charge is 0.444 e. The highest BCUT2D eigenvalue weighted by atomic mass is 32.2. The topological polar surface area (TPSA) is 85.9 Å². The monoisotopic (exact) mass is 381 g/mol. The van der Waals surface area contributed by atoms with E-state index >= 15 is 0 Å². The average molecular weight is 381 g/mol. The molecule has 8 heteroatoms. The van der Waals surface area contributed by atoms with E-state index in [2.05, 4.69) is 5.32 Å². The smallest absolute Gasteiger partial charge is 0.413 e. The Labute approximate surface area is 156 Å². The maximum absolute atomic E-state index is 14.6. The van der Waals surface area contributed by atoms with Gasteiger partial charge in [0.25, 0.3) is 0 Å². The van der Waals surface area contributed by atoms with Gasteiger partial charge in [0, 0.05) is 35.9 Å². The van der Waals surface area contributed by atoms with Crippen molar-refractivity contribution < 1.29 is 18.7 Å². The van der Waals surface area contributed by atoms with Crippen LogP contribution in [0, 0.1) is 11.7 Å². The third-order valence-electron chi connectivity index (χ3n) is 4.41. The zero-order valence-electron chi connectivity index (χ0n) is 15.2. The van der Waals surface area contributed by atoms with Gasteiger partial charge in [-0.2, -0.15) is 0 Å². The number of nitrogens with zero attached hydrogens (tertiary/aromatic N) is 1. The first-order valence-electron chi connectivity index (χ1n) is 8.55. The fourth-order valence-corrected chi connectivity index (χ4v) is 4.38. The zero-order valence-corrected chi connectivity index (χ0v) is 16.0. The second-order valence-corrected chi connectivity index (χ2v) is 8.55. The molecule has 1 amide bonds. The van der Waals surface area contributed by atoms with Gasteiger partial charge in [-0.25, -0.2) is 9.18 Å². The molecule has 3 rings (SSSR count). The molecule has 26 heavy (non-hydrogen) atoms. The number of nitrogens with two attached hydrogens (primary N) is 1. The van der Waals surface area contributed by atoms with Gasteiger partial charge in [-0.3, -0.25) is 10.3 Å². The number of halogens is 1. The number of amides is 1. The number of ether oxygens (including phenoxy) is 2. The number of hydrogen-bond acceptors (Lipinski definition) is 6. The Hall–Kier alpha value is -1.80. The van der Waals surface area contributed by atoms with E-state index in [4.69, 9.17) is 20.2 Å². The molecule has 6 nitrogen and oxygen atoms in total. The number of fused-ring (bicyclic) bond motifs is 1. The molecule has 0 aromatic heterocycles. The first-order chi connectivity index (χ1) is 12.2. The van der Waals surface area contributed by atoms with E-state index in [9.17, 15) is 9.18 Å². The van der Waals surface area contributed by atoms with E-state index < -0.39 is 17.2 Å². The summed E-state index contributed by atoms with van der Waals surface area (Å²) in [6.07, 6.45) is -0.0459. The summed E-state index contributed by atoms with van der Waals surface area (Å²) >= 11 is 1.41. The fourth-order valence-electron chi connectivity index (χ4n) is 3.27. The lowest BCUT2D eigenvalue weighted by Gasteiger charge is -2.44. The molecule has 1 aromatic rings. The maximum Gasteiger partial charge on any atom is 0.413 e. The van der Waals surface area contributed by atoms with Crippen molar-refractivity contribution in [3.8, 4) is 0 Å². The number of nitrogen functional groups attached to an aromatic ring is 1. The number of alkyl carbamates (subject to hydrolysis) is 1. The summed E-state index contributed by atoms with van der Waals surface area (Å²) in [7, 11) is 0. The van der Waals surface area contributed by atoms with Crippen molar-refractivity contribution in [3.05, 3.63) is 29.6 Å². The van der Waals surface area contributed by atoms with Gasteiger partial charge < -0.3 is 15.2 Å². The average Bonchev–Trinajstić information content (AvgIpc) is 2.55. The standard InChI is InChI=1S/C18H24FN3O3S/c1-17(2,3)25-16(23)21-15-22-18(6-7-24-9-11(18)10-26-15)13-8-12(20)4-5-14(13)19/h4-5,8,11H,6-7,9-10,20H2,1-3H3,(H,21,22,23)/t11-,18-/m0/s1. The summed E-state index contributed by atoms with van der Waals surface area (Å²) in [5, 5.41) is 3.12. The van der Waals surface area contributed by atoms with E-state index in [1.54, 1.807) is 26.8 Å². The van der Waals surface area contributed by atoms with E-state index in [1.807, 2.05) is 0 Å². The predicted octanol–water partition coefficient (Wildman–Crippen LogP) is 3.27. The second kappa shape index (κ2) is 7.08. The van der Waals surface area contributed by atoms with Crippen LogP contribution in [0.5, 0.6) is 0 Å². The molecule has 1 aromatic carbocycles. The minimum absolute atomic E-state index is 0.00161. The van der Waals surface area contributed by atoms with Gasteiger partial charge in [-0.1, -0.05) is 11.8 Å². The van der Waals surface area contributed by atoms with Crippen molar-refractivity contribution in [2.75, 3.05) is 24.7 Å². The molecular weight excluding hydrogens is 357 g/mol. The Morgan fingerprint density at radius 3 is 3.00 bits per heavy atom. The number of thioether (sulfide) groups is 1. The normalized spacial score (nSPS) is 25.8. The molecule has 1 saturated heterocycles. The van der Waals surface area contributed by atoms with Crippen molar-refractivity contribution in [1.82, 2.24) is 5.32 Å². The van der Waals surface area contributed by atoms with Gasteiger partial charge in [0.2, 0.25) is 0 Å². The summed E-state index contributed by atoms with van der Waals surface area (Å²) in [4.78, 5) is 16.9. The van der Waals surface area contributed by atoms with Crippen LogP contribution >= 0.6 is 11.8 Å². The zero-order chi connectivity index (χ0) is 18.9. The summed E-state index contributed by atoms with van der Waals surface area (Å²) in [6, 6.07) is 4.54. The summed E-state index contributed by atoms with van der Waals surface area (Å²) in [5.74, 6) is 0.308. The highest BCUT2D eigenvalue weighted by molar-refractivity contribution is 8.13. The van der Waals surface area contributed by atoms with Gasteiger partial charge in [-0.15, -0.1) is 0 Å². The molecule has 0 bridgehead atoms. The van der Waals surface area contributed by atoms with Crippen LogP contribution in [-0.2, 0) is 15.0 Å². The number of benzene rings is 1. The molecule has 0 saturated carbocycles. The van der Waals surface area contributed by atoms with Crippen LogP contribution in [0.1, 0.15) is 32.8 Å². The summed E-state index contributed by atoms with van der Waals surface area (Å²) < 4.78 is 25.5. The van der Waals surface area contributed by atoms with Crippen LogP contribution in [0.2, 0.25) is 0 Å². The Morgan fingerprint density at radius 1 is 1.50 bits per heavy atom. The molecule has 0 unspecified atom stereocenters. The molecule has 0 spiro atoms. The highest BCUT2D eigenvalue weighted by Gasteiger charge is 2.47. The first-order valence-corrected chi connectivity index (χ1v) is 9.54. The van der Waals surface area contributed by atoms with E-state index in [-0.39, 0.29) is 11.7 Å². The Morgan fingerprint density at radius 2 is 2.27 bits per heavy atom. The van der Waals surface area contributed by atoms with E-state index in [0.29, 0.717) is 41.8 Å². The van der Waals surface area contributed by atoms with Crippen LogP contribution in [0.25, 0.3) is 0 Å². The highest BCUT2D eigenvalue weighted by Crippen LogP contribution is 2.46. The van der Waals surface area contributed by atoms with E-state index in [1.165, 1.54) is 23.9 Å². The van der Waals surface area contributed by atoms with Crippen LogP contribution in [-0.4, -0.2) is 35.8 Å². The number of hydrogen-bond donors (Lipinski definition) is 2. The minimum Gasteiger partial charge on any atom is -0.444 e. The molecular formula is C18H24FN3O3S. The van der Waals surface area contributed by atoms with Crippen molar-refractivity contribution >= 4 is 28.7 Å². The molecule has 1 fully saturated rings. The molecule has 2 aliphatic rings. The first kappa shape index (κ1) is 19.0. The maximum atomic E-state index is 14.6. The summed E-state index contributed by atoms with van der Waals surface area (Å²) in [6.45, 7) is 6.34. The summed E-state index contributed by atoms with van der Waals surface area (Å²) in [5.41, 5.74) is 5.43. The molecule has 0 radical (unpaired) electrons. The second-order valence-electron chi connectivity index (χ2n) is 7.54. The molecule has 3 N–H and O–H groups in total. The van der Waals surface area contributed by atoms with Gasteiger partial charge in [0.05, 0.1) is 12.1 Å². The minimum atomic E-state index is -0.798. The number of anilines is 1. The fraction of sp³-hybridized carbons (Fsp3) is 0.556. The lowest BCUT2D eigenvalue weighted by atomic mass is 9.75.